The second-order valence-electron chi connectivity index (χ2n) is 10.1. The molecule has 9 nitrogen and oxygen atoms in total. The average molecular weight is 566 g/mol. The van der Waals surface area contributed by atoms with E-state index in [1.165, 1.54) is 50.4 Å². The number of phenolic OH excluding ortho intramolecular Hbond substituents is 1. The third-order valence-corrected chi connectivity index (χ3v) is 7.06. The summed E-state index contributed by atoms with van der Waals surface area (Å²) in [5.74, 6) is -8.54. The summed E-state index contributed by atoms with van der Waals surface area (Å²) in [5, 5.41) is 26.2. The summed E-state index contributed by atoms with van der Waals surface area (Å²) in [5.41, 5.74) is 0.599. The molecule has 3 amide bonds. The Labute approximate surface area is 230 Å². The van der Waals surface area contributed by atoms with Gasteiger partial charge in [-0.2, -0.15) is 0 Å². The molecule has 1 heterocycles. The van der Waals surface area contributed by atoms with Crippen LogP contribution < -0.4 is 10.6 Å². The number of nitrogens with zero attached hydrogens (tertiary/aromatic N) is 1. The number of hydrogen-bond donors (Lipinski definition) is 4. The van der Waals surface area contributed by atoms with E-state index < -0.39 is 66.2 Å². The lowest BCUT2D eigenvalue weighted by Gasteiger charge is -2.31. The fourth-order valence-corrected chi connectivity index (χ4v) is 4.79. The molecule has 1 aliphatic heterocycles. The van der Waals surface area contributed by atoms with Crippen molar-refractivity contribution in [3.63, 3.8) is 0 Å². The average Bonchev–Trinajstić information content (AvgIpc) is 3.13. The van der Waals surface area contributed by atoms with E-state index in [2.05, 4.69) is 10.6 Å². The highest BCUT2D eigenvalue weighted by molar-refractivity contribution is 5.97. The number of ether oxygens (including phenoxy) is 1. The number of aliphatic hydroxyl groups excluding tert-OH is 1. The van der Waals surface area contributed by atoms with E-state index in [-0.39, 0.29) is 29.9 Å². The first-order chi connectivity index (χ1) is 18.8. The van der Waals surface area contributed by atoms with Gasteiger partial charge in [0.25, 0.3) is 17.7 Å². The van der Waals surface area contributed by atoms with Gasteiger partial charge in [0.15, 0.2) is 6.10 Å². The van der Waals surface area contributed by atoms with Gasteiger partial charge >= 0.3 is 0 Å². The van der Waals surface area contributed by atoms with E-state index in [1.54, 1.807) is 6.92 Å². The van der Waals surface area contributed by atoms with Gasteiger partial charge in [-0.15, -0.1) is 0 Å². The lowest BCUT2D eigenvalue weighted by molar-refractivity contribution is -0.147. The van der Waals surface area contributed by atoms with Crippen molar-refractivity contribution >= 4 is 17.7 Å². The van der Waals surface area contributed by atoms with Crippen molar-refractivity contribution in [1.29, 1.82) is 0 Å². The number of aliphatic hydroxyl groups is 1. The number of halogens is 3. The van der Waals surface area contributed by atoms with Gasteiger partial charge < -0.3 is 30.5 Å². The van der Waals surface area contributed by atoms with E-state index >= 15 is 0 Å². The molecule has 1 aliphatic rings. The van der Waals surface area contributed by atoms with Crippen molar-refractivity contribution in [1.82, 2.24) is 15.5 Å². The lowest BCUT2D eigenvalue weighted by atomic mass is 9.97. The zero-order valence-electron chi connectivity index (χ0n) is 22.7. The summed E-state index contributed by atoms with van der Waals surface area (Å²) in [6.45, 7) is 3.23. The van der Waals surface area contributed by atoms with Gasteiger partial charge in [-0.3, -0.25) is 14.4 Å². The minimum Gasteiger partial charge on any atom is -0.508 e. The molecule has 4 N–H and O–H groups in total. The number of carbonyl (C=O) groups excluding carboxylic acids is 3. The third kappa shape index (κ3) is 6.92. The smallest absolute Gasteiger partial charge is 0.270 e. The number of amides is 3. The summed E-state index contributed by atoms with van der Waals surface area (Å²) in [6.07, 6.45) is -2.31. The van der Waals surface area contributed by atoms with Crippen LogP contribution in [0.2, 0.25) is 0 Å². The number of benzene rings is 2. The Bertz CT molecular complexity index is 1240. The second kappa shape index (κ2) is 12.7. The number of rotatable bonds is 10. The zero-order chi connectivity index (χ0) is 29.8. The van der Waals surface area contributed by atoms with Crippen LogP contribution in [0.3, 0.4) is 0 Å². The first kappa shape index (κ1) is 30.9. The molecule has 5 unspecified atom stereocenters. The first-order valence-electron chi connectivity index (χ1n) is 12.8. The van der Waals surface area contributed by atoms with Gasteiger partial charge in [0, 0.05) is 24.3 Å². The van der Waals surface area contributed by atoms with E-state index in [9.17, 15) is 37.8 Å². The number of alkyl halides is 2. The fraction of sp³-hybridized carbons (Fsp3) is 0.464. The van der Waals surface area contributed by atoms with Gasteiger partial charge in [0.1, 0.15) is 17.6 Å². The molecule has 0 aromatic heterocycles. The molecule has 5 atom stereocenters. The van der Waals surface area contributed by atoms with Crippen molar-refractivity contribution < 1.29 is 42.5 Å². The van der Waals surface area contributed by atoms with Crippen LogP contribution in [0.5, 0.6) is 5.75 Å². The van der Waals surface area contributed by atoms with Crippen molar-refractivity contribution in [3.8, 4) is 5.75 Å². The third-order valence-electron chi connectivity index (χ3n) is 7.06. The van der Waals surface area contributed by atoms with Crippen LogP contribution in [0.15, 0.2) is 42.5 Å². The summed E-state index contributed by atoms with van der Waals surface area (Å²) in [4.78, 5) is 40.2. The van der Waals surface area contributed by atoms with Gasteiger partial charge in [0.2, 0.25) is 5.91 Å². The van der Waals surface area contributed by atoms with E-state index in [4.69, 9.17) is 4.74 Å². The highest BCUT2D eigenvalue weighted by Gasteiger charge is 2.57. The van der Waals surface area contributed by atoms with E-state index in [0.29, 0.717) is 10.5 Å². The van der Waals surface area contributed by atoms with Gasteiger partial charge in [-0.1, -0.05) is 25.1 Å². The first-order valence-corrected chi connectivity index (χ1v) is 12.8. The highest BCUT2D eigenvalue weighted by Crippen LogP contribution is 2.38. The second-order valence-corrected chi connectivity index (χ2v) is 10.1. The van der Waals surface area contributed by atoms with E-state index in [0.717, 1.165) is 13.0 Å². The predicted molar refractivity (Wildman–Crippen MR) is 139 cm³/mol. The Morgan fingerprint density at radius 1 is 1.18 bits per heavy atom. The molecule has 2 aromatic carbocycles. The molecule has 218 valence electrons. The molecular weight excluding hydrogens is 531 g/mol. The van der Waals surface area contributed by atoms with Gasteiger partial charge in [-0.05, 0) is 50.1 Å². The maximum Gasteiger partial charge on any atom is 0.270 e. The van der Waals surface area contributed by atoms with Crippen molar-refractivity contribution in [2.75, 3.05) is 20.3 Å². The Morgan fingerprint density at radius 2 is 1.85 bits per heavy atom. The topological polar surface area (TPSA) is 128 Å². The number of carbonyl (C=O) groups is 3. The molecule has 12 heteroatoms. The van der Waals surface area contributed by atoms with Crippen molar-refractivity contribution in [2.24, 2.45) is 5.92 Å². The molecule has 3 rings (SSSR count). The number of methoxy groups -OCH3 is 1. The zero-order valence-corrected chi connectivity index (χ0v) is 22.7. The fourth-order valence-electron chi connectivity index (χ4n) is 4.79. The van der Waals surface area contributed by atoms with Crippen LogP contribution in [-0.4, -0.2) is 83.2 Å². The monoisotopic (exact) mass is 565 g/mol. The molecule has 0 bridgehead atoms. The Hall–Kier alpha value is -3.64. The number of aromatic hydroxyl groups is 1. The summed E-state index contributed by atoms with van der Waals surface area (Å²) in [7, 11) is 1.41. The maximum atomic E-state index is 14.8. The number of likely N-dealkylation sites (tertiary alicyclic amines) is 1. The van der Waals surface area contributed by atoms with E-state index in [1.807, 2.05) is 0 Å². The largest absolute Gasteiger partial charge is 0.508 e. The molecule has 0 saturated carbocycles. The van der Waals surface area contributed by atoms with Crippen LogP contribution in [0.4, 0.5) is 13.2 Å². The van der Waals surface area contributed by atoms with Gasteiger partial charge in [-0.25, -0.2) is 13.2 Å². The highest BCUT2D eigenvalue weighted by atomic mass is 19.3. The molecule has 0 spiro atoms. The standard InChI is InChI=1S/C28H34F3N3O6/c1-15(13-40-4)32-26(38)23-17(3)28(30,31)14-34(23)27(39)24(36)21(12-18-7-5-8-19(29)11-18)33-25(37)20-9-6-10-22(35)16(20)2/h5-11,15,17,21,23-24,35-36H,12-14H2,1-4H3,(H,32,38)(H,33,37). The molecule has 40 heavy (non-hydrogen) atoms. The Kier molecular flexibility index (Phi) is 9.80. The Morgan fingerprint density at radius 3 is 2.50 bits per heavy atom. The Balaban J connectivity index is 1.92. The summed E-state index contributed by atoms with van der Waals surface area (Å²) in [6, 6.07) is 5.95. The van der Waals surface area contributed by atoms with Crippen LogP contribution in [-0.2, 0) is 20.7 Å². The lowest BCUT2D eigenvalue weighted by Crippen LogP contribution is -2.57. The van der Waals surface area contributed by atoms with Crippen LogP contribution in [0.1, 0.15) is 35.3 Å². The van der Waals surface area contributed by atoms with Crippen molar-refractivity contribution in [3.05, 3.63) is 65.0 Å². The minimum absolute atomic E-state index is 0.0506. The van der Waals surface area contributed by atoms with Crippen LogP contribution in [0, 0.1) is 18.7 Å². The number of hydrogen-bond acceptors (Lipinski definition) is 6. The molecule has 1 saturated heterocycles. The molecule has 0 radical (unpaired) electrons. The predicted octanol–water partition coefficient (Wildman–Crippen LogP) is 2.18. The number of nitrogens with one attached hydrogen (secondary N) is 2. The SMILES string of the molecule is COCC(C)NC(=O)C1C(C)C(F)(F)CN1C(=O)C(O)C(Cc1cccc(F)c1)NC(=O)c1cccc(O)c1C. The molecule has 1 fully saturated rings. The molecule has 2 aromatic rings. The van der Waals surface area contributed by atoms with Crippen LogP contribution in [0.25, 0.3) is 0 Å². The molecular formula is C28H34F3N3O6. The maximum absolute atomic E-state index is 14.8. The summed E-state index contributed by atoms with van der Waals surface area (Å²) >= 11 is 0. The number of phenols is 1. The van der Waals surface area contributed by atoms with Gasteiger partial charge in [0.05, 0.1) is 25.1 Å². The normalized spacial score (nSPS) is 20.4. The summed E-state index contributed by atoms with van der Waals surface area (Å²) < 4.78 is 48.4. The minimum atomic E-state index is -3.43. The quantitative estimate of drug-likeness (QED) is 0.350. The molecule has 0 aliphatic carbocycles. The van der Waals surface area contributed by atoms with Crippen LogP contribution >= 0.6 is 0 Å². The van der Waals surface area contributed by atoms with Crippen molar-refractivity contribution in [2.45, 2.75) is 57.3 Å².